The van der Waals surface area contributed by atoms with E-state index in [1.54, 1.807) is 22.3 Å². The Kier molecular flexibility index (Phi) is 15.6. The van der Waals surface area contributed by atoms with Gasteiger partial charge in [-0.25, -0.2) is 12.1 Å². The van der Waals surface area contributed by atoms with E-state index in [0.717, 1.165) is 0 Å². The minimum atomic E-state index is 0. The molecular weight excluding hydrogens is 490 g/mol. The Hall–Kier alpha value is -0.110. The maximum absolute atomic E-state index is 3.00. The van der Waals surface area contributed by atoms with Crippen LogP contribution in [-0.2, 0) is 51.5 Å². The van der Waals surface area contributed by atoms with Gasteiger partial charge in [0.25, 0.3) is 0 Å². The topological polar surface area (TPSA) is 0 Å². The minimum absolute atomic E-state index is 0. The zero-order valence-electron chi connectivity index (χ0n) is 13.8. The predicted molar refractivity (Wildman–Crippen MR) is 88.6 cm³/mol. The second kappa shape index (κ2) is 14.3. The van der Waals surface area contributed by atoms with Gasteiger partial charge < -0.3 is 24.8 Å². The van der Waals surface area contributed by atoms with Crippen molar-refractivity contribution in [3.63, 3.8) is 0 Å². The fraction of sp³-hybridized carbons (Fsp3) is 0.400. The number of hydrogen-bond donors (Lipinski definition) is 0. The summed E-state index contributed by atoms with van der Waals surface area (Å²) in [7, 11) is 0. The summed E-state index contributed by atoms with van der Waals surface area (Å²) in [6, 6.07) is 13.4. The molecule has 3 heteroatoms. The van der Waals surface area contributed by atoms with Gasteiger partial charge in [-0.2, -0.15) is 46.5 Å². The van der Waals surface area contributed by atoms with E-state index in [4.69, 9.17) is 0 Å². The third-order valence-corrected chi connectivity index (χ3v) is 4.30. The summed E-state index contributed by atoms with van der Waals surface area (Å²) in [5, 5.41) is 0. The maximum atomic E-state index is 3.00. The fourth-order valence-electron chi connectivity index (χ4n) is 3.23. The van der Waals surface area contributed by atoms with Gasteiger partial charge in [-0.15, -0.1) is 13.2 Å². The van der Waals surface area contributed by atoms with Gasteiger partial charge in [0, 0.05) is 0 Å². The van der Waals surface area contributed by atoms with Crippen molar-refractivity contribution in [2.24, 2.45) is 0 Å². The first-order valence-corrected chi connectivity index (χ1v) is 7.90. The monoisotopic (exact) mass is 516 g/mol. The van der Waals surface area contributed by atoms with Crippen molar-refractivity contribution in [2.75, 3.05) is 0 Å². The standard InChI is InChI=1S/2C9H11.C2H4.2ClH.Hf/c2*1-2-5-9-7-3-6-8(9)4-1;1-2;;;/h2*3,6-7H,1-2,4-5H2;1-2H2;2*1H;/q2*-1;;;;+4/p-2. The molecule has 0 bridgehead atoms. The molecule has 0 spiro atoms. The molecule has 0 aliphatic heterocycles. The Balaban J connectivity index is 0. The Morgan fingerprint density at radius 2 is 1.00 bits per heavy atom. The van der Waals surface area contributed by atoms with Crippen LogP contribution in [0.3, 0.4) is 0 Å². The third kappa shape index (κ3) is 7.54. The van der Waals surface area contributed by atoms with E-state index < -0.39 is 0 Å². The van der Waals surface area contributed by atoms with Crippen molar-refractivity contribution in [2.45, 2.75) is 51.4 Å². The SMILES string of the molecule is C=C.[Cl-].[Cl-].[Hf+4].c1cc2c([cH-]1)CCCC2.c1cc2c([cH-]1)CCCC2. The molecule has 0 atom stereocenters. The normalized spacial score (nSPS) is 13.7. The molecule has 2 aromatic rings. The van der Waals surface area contributed by atoms with Gasteiger partial charge in [0.1, 0.15) is 0 Å². The molecular formula is C20H26Cl2Hf. The first-order chi connectivity index (χ1) is 9.93. The van der Waals surface area contributed by atoms with Crippen LogP contribution in [-0.4, -0.2) is 0 Å². The van der Waals surface area contributed by atoms with Gasteiger partial charge in [0.15, 0.2) is 0 Å². The summed E-state index contributed by atoms with van der Waals surface area (Å²) in [6.07, 6.45) is 10.9. The zero-order valence-corrected chi connectivity index (χ0v) is 18.9. The Labute approximate surface area is 173 Å². The fourth-order valence-corrected chi connectivity index (χ4v) is 3.23. The zero-order chi connectivity index (χ0) is 14.2. The maximum Gasteiger partial charge on any atom is 4.00 e. The molecule has 2 aliphatic rings. The molecule has 0 radical (unpaired) electrons. The number of rotatable bonds is 0. The average Bonchev–Trinajstić information content (AvgIpc) is 3.18. The Bertz CT molecular complexity index is 426. The van der Waals surface area contributed by atoms with Crippen molar-refractivity contribution < 1.29 is 50.7 Å². The number of halogens is 2. The summed E-state index contributed by atoms with van der Waals surface area (Å²) < 4.78 is 0. The third-order valence-electron chi connectivity index (χ3n) is 4.30. The summed E-state index contributed by atoms with van der Waals surface area (Å²) in [4.78, 5) is 0. The van der Waals surface area contributed by atoms with Crippen LogP contribution in [0.5, 0.6) is 0 Å². The second-order valence-electron chi connectivity index (χ2n) is 5.57. The van der Waals surface area contributed by atoms with Crippen LogP contribution in [0.2, 0.25) is 0 Å². The van der Waals surface area contributed by atoms with Gasteiger partial charge >= 0.3 is 25.8 Å². The summed E-state index contributed by atoms with van der Waals surface area (Å²) in [5.74, 6) is 0. The Morgan fingerprint density at radius 1 is 0.652 bits per heavy atom. The van der Waals surface area contributed by atoms with Gasteiger partial charge in [-0.3, -0.25) is 0 Å². The van der Waals surface area contributed by atoms with E-state index in [-0.39, 0.29) is 50.7 Å². The van der Waals surface area contributed by atoms with Crippen LogP contribution in [0.25, 0.3) is 0 Å². The van der Waals surface area contributed by atoms with Gasteiger partial charge in [0.05, 0.1) is 0 Å². The van der Waals surface area contributed by atoms with E-state index in [9.17, 15) is 0 Å². The largest absolute Gasteiger partial charge is 4.00 e. The molecule has 0 nitrogen and oxygen atoms in total. The first-order valence-electron chi connectivity index (χ1n) is 7.90. The molecule has 0 unspecified atom stereocenters. The molecule has 4 rings (SSSR count). The van der Waals surface area contributed by atoms with Gasteiger partial charge in [-0.1, -0.05) is 51.4 Å². The predicted octanol–water partition coefficient (Wildman–Crippen LogP) is -0.624. The minimum Gasteiger partial charge on any atom is -1.00 e. The molecule has 0 fully saturated rings. The second-order valence-corrected chi connectivity index (χ2v) is 5.57. The van der Waals surface area contributed by atoms with Crippen LogP contribution < -0.4 is 24.8 Å². The van der Waals surface area contributed by atoms with Crippen LogP contribution in [0.4, 0.5) is 0 Å². The van der Waals surface area contributed by atoms with Crippen molar-refractivity contribution in [3.8, 4) is 0 Å². The van der Waals surface area contributed by atoms with Crippen molar-refractivity contribution in [3.05, 3.63) is 71.8 Å². The summed E-state index contributed by atoms with van der Waals surface area (Å²) >= 11 is 0. The van der Waals surface area contributed by atoms with E-state index >= 15 is 0 Å². The summed E-state index contributed by atoms with van der Waals surface area (Å²) in [5.41, 5.74) is 6.39. The van der Waals surface area contributed by atoms with Crippen molar-refractivity contribution in [1.29, 1.82) is 0 Å². The van der Waals surface area contributed by atoms with Gasteiger partial charge in [-0.05, 0) is 0 Å². The smallest absolute Gasteiger partial charge is 1.00 e. The quantitative estimate of drug-likeness (QED) is 0.249. The van der Waals surface area contributed by atoms with E-state index in [2.05, 4.69) is 49.6 Å². The van der Waals surface area contributed by atoms with Crippen LogP contribution >= 0.6 is 0 Å². The first kappa shape index (κ1) is 25.1. The molecule has 23 heavy (non-hydrogen) atoms. The average molecular weight is 516 g/mol. The van der Waals surface area contributed by atoms with Crippen molar-refractivity contribution in [1.82, 2.24) is 0 Å². The molecule has 0 aromatic heterocycles. The van der Waals surface area contributed by atoms with E-state index in [0.29, 0.717) is 0 Å². The van der Waals surface area contributed by atoms with E-state index in [1.807, 2.05) is 0 Å². The molecule has 0 amide bonds. The van der Waals surface area contributed by atoms with Gasteiger partial charge in [0.2, 0.25) is 0 Å². The van der Waals surface area contributed by atoms with Crippen LogP contribution in [0.15, 0.2) is 49.6 Å². The number of fused-ring (bicyclic) bond motifs is 2. The Morgan fingerprint density at radius 3 is 1.35 bits per heavy atom. The number of hydrogen-bond acceptors (Lipinski definition) is 0. The molecule has 0 N–H and O–H groups in total. The summed E-state index contributed by atoms with van der Waals surface area (Å²) in [6.45, 7) is 6.00. The molecule has 0 saturated carbocycles. The molecule has 2 aliphatic carbocycles. The van der Waals surface area contributed by atoms with Crippen LogP contribution in [0.1, 0.15) is 47.9 Å². The molecule has 0 heterocycles. The van der Waals surface area contributed by atoms with Crippen molar-refractivity contribution >= 4 is 0 Å². The molecule has 124 valence electrons. The molecule has 0 saturated heterocycles. The number of aryl methyl sites for hydroxylation is 4. The van der Waals surface area contributed by atoms with Crippen LogP contribution in [0, 0.1) is 0 Å². The molecule has 2 aromatic carbocycles. The van der Waals surface area contributed by atoms with E-state index in [1.165, 1.54) is 51.4 Å².